The van der Waals surface area contributed by atoms with Crippen molar-refractivity contribution in [1.29, 1.82) is 0 Å². The van der Waals surface area contributed by atoms with Crippen molar-refractivity contribution in [3.8, 4) is 5.75 Å². The van der Waals surface area contributed by atoms with Crippen LogP contribution in [0.5, 0.6) is 5.75 Å². The fraction of sp³-hybridized carbons (Fsp3) is 0.609. The molecule has 2 aromatic rings. The van der Waals surface area contributed by atoms with Crippen molar-refractivity contribution >= 4 is 11.6 Å². The maximum absolute atomic E-state index is 5.96. The number of rotatable bonds is 9. The van der Waals surface area contributed by atoms with E-state index in [0.717, 1.165) is 37.7 Å². The van der Waals surface area contributed by atoms with Crippen molar-refractivity contribution in [3.05, 3.63) is 36.0 Å². The number of guanidine groups is 1. The molecule has 0 bridgehead atoms. The van der Waals surface area contributed by atoms with E-state index in [1.807, 2.05) is 38.1 Å². The predicted molar refractivity (Wildman–Crippen MR) is 125 cm³/mol. The molecule has 32 heavy (non-hydrogen) atoms. The third-order valence-corrected chi connectivity index (χ3v) is 4.77. The number of nitrogens with zero attached hydrogens (tertiary/aromatic N) is 4. The van der Waals surface area contributed by atoms with Crippen LogP contribution in [-0.2, 0) is 11.3 Å². The van der Waals surface area contributed by atoms with Crippen molar-refractivity contribution in [3.63, 3.8) is 0 Å². The Hall–Kier alpha value is -2.65. The summed E-state index contributed by atoms with van der Waals surface area (Å²) in [7, 11) is 0. The molecule has 1 unspecified atom stereocenters. The van der Waals surface area contributed by atoms with Gasteiger partial charge in [0.1, 0.15) is 12.3 Å². The molecule has 1 atom stereocenters. The number of ether oxygens (including phenoxy) is 2. The molecule has 1 aromatic carbocycles. The van der Waals surface area contributed by atoms with Crippen molar-refractivity contribution < 1.29 is 14.0 Å². The molecule has 0 amide bonds. The molecule has 0 spiro atoms. The molecule has 0 radical (unpaired) electrons. The summed E-state index contributed by atoms with van der Waals surface area (Å²) >= 11 is 0. The number of aryl methyl sites for hydroxylation is 1. The summed E-state index contributed by atoms with van der Waals surface area (Å²) in [6, 6.07) is 7.81. The number of hydrogen-bond donors (Lipinski definition) is 2. The Labute approximate surface area is 190 Å². The van der Waals surface area contributed by atoms with Crippen LogP contribution >= 0.6 is 0 Å². The summed E-state index contributed by atoms with van der Waals surface area (Å²) in [4.78, 5) is 11.3. The Morgan fingerprint density at radius 1 is 1.25 bits per heavy atom. The number of benzene rings is 1. The van der Waals surface area contributed by atoms with Crippen LogP contribution in [0.15, 0.2) is 33.8 Å². The number of nitrogens with one attached hydrogen (secondary N) is 2. The number of anilines is 1. The van der Waals surface area contributed by atoms with Gasteiger partial charge in [0.15, 0.2) is 11.8 Å². The van der Waals surface area contributed by atoms with E-state index in [-0.39, 0.29) is 18.8 Å². The van der Waals surface area contributed by atoms with Gasteiger partial charge in [-0.2, -0.15) is 4.98 Å². The normalized spacial score (nSPS) is 17.7. The lowest BCUT2D eigenvalue weighted by Crippen LogP contribution is -2.49. The fourth-order valence-electron chi connectivity index (χ4n) is 3.51. The lowest BCUT2D eigenvalue weighted by molar-refractivity contribution is -0.0283. The quantitative estimate of drug-likeness (QED) is 0.450. The molecule has 1 aliphatic rings. The van der Waals surface area contributed by atoms with Gasteiger partial charge in [0.2, 0.25) is 5.89 Å². The highest BCUT2D eigenvalue weighted by Crippen LogP contribution is 2.17. The van der Waals surface area contributed by atoms with Crippen molar-refractivity contribution in [2.24, 2.45) is 10.9 Å². The minimum Gasteiger partial charge on any atom is -0.491 e. The number of aliphatic imine (C=N–C) groups is 1. The van der Waals surface area contributed by atoms with Gasteiger partial charge in [0, 0.05) is 31.9 Å². The van der Waals surface area contributed by atoms with Gasteiger partial charge in [-0.1, -0.05) is 19.0 Å². The summed E-state index contributed by atoms with van der Waals surface area (Å²) in [5.74, 6) is 3.17. The van der Waals surface area contributed by atoms with E-state index < -0.39 is 0 Å². The molecule has 0 saturated carbocycles. The highest BCUT2D eigenvalue weighted by Gasteiger charge is 2.21. The average molecular weight is 445 g/mol. The molecular formula is C23H36N6O3. The molecule has 2 N–H and O–H groups in total. The van der Waals surface area contributed by atoms with E-state index in [1.54, 1.807) is 6.92 Å². The summed E-state index contributed by atoms with van der Waals surface area (Å²) < 4.78 is 16.9. The maximum atomic E-state index is 5.96. The molecule has 0 aliphatic carbocycles. The maximum Gasteiger partial charge on any atom is 0.248 e. The van der Waals surface area contributed by atoms with Crippen LogP contribution in [0.1, 0.15) is 39.4 Å². The smallest absolute Gasteiger partial charge is 0.248 e. The van der Waals surface area contributed by atoms with Crippen molar-refractivity contribution in [2.75, 3.05) is 38.1 Å². The Bertz CT molecular complexity index is 850. The first-order valence-corrected chi connectivity index (χ1v) is 11.3. The largest absolute Gasteiger partial charge is 0.491 e. The van der Waals surface area contributed by atoms with Gasteiger partial charge in [0.05, 0.1) is 18.8 Å². The summed E-state index contributed by atoms with van der Waals surface area (Å²) in [5.41, 5.74) is 0.903. The Morgan fingerprint density at radius 2 is 2.03 bits per heavy atom. The predicted octanol–water partition coefficient (Wildman–Crippen LogP) is 3.08. The molecule has 176 valence electrons. The Morgan fingerprint density at radius 3 is 2.69 bits per heavy atom. The van der Waals surface area contributed by atoms with Crippen LogP contribution in [0.4, 0.5) is 5.69 Å². The Kier molecular flexibility index (Phi) is 8.87. The monoisotopic (exact) mass is 444 g/mol. The second kappa shape index (κ2) is 11.8. The minimum absolute atomic E-state index is 0.0990. The van der Waals surface area contributed by atoms with E-state index >= 15 is 0 Å². The van der Waals surface area contributed by atoms with E-state index in [9.17, 15) is 0 Å². The highest BCUT2D eigenvalue weighted by atomic mass is 16.5. The van der Waals surface area contributed by atoms with E-state index in [0.29, 0.717) is 30.1 Å². The SMILES string of the molecule is Cc1noc(CN=C(NCC2CN(CC(C)C)CCO2)Nc2ccc(OC(C)C)cc2)n1. The van der Waals surface area contributed by atoms with Gasteiger partial charge in [-0.15, -0.1) is 0 Å². The Balaban J connectivity index is 1.62. The molecule has 1 fully saturated rings. The van der Waals surface area contributed by atoms with Crippen molar-refractivity contribution in [1.82, 2.24) is 20.4 Å². The molecule has 1 aliphatic heterocycles. The van der Waals surface area contributed by atoms with Gasteiger partial charge in [-0.3, -0.25) is 4.90 Å². The summed E-state index contributed by atoms with van der Waals surface area (Å²) in [6.07, 6.45) is 0.234. The van der Waals surface area contributed by atoms with Crippen LogP contribution in [0.25, 0.3) is 0 Å². The number of morpholine rings is 1. The van der Waals surface area contributed by atoms with Gasteiger partial charge < -0.3 is 24.6 Å². The van der Waals surface area contributed by atoms with Gasteiger partial charge >= 0.3 is 0 Å². The standard InChI is InChI=1S/C23H36N6O3/c1-16(2)14-29-10-11-30-21(15-29)12-24-23(25-13-22-26-18(5)28-32-22)27-19-6-8-20(9-7-19)31-17(3)4/h6-9,16-17,21H,10-15H2,1-5H3,(H2,24,25,27). The summed E-state index contributed by atoms with van der Waals surface area (Å²) in [6.45, 7) is 15.0. The topological polar surface area (TPSA) is 97.0 Å². The van der Waals surface area contributed by atoms with Gasteiger partial charge in [-0.25, -0.2) is 4.99 Å². The average Bonchev–Trinajstić information content (AvgIpc) is 3.16. The molecular weight excluding hydrogens is 408 g/mol. The van der Waals surface area contributed by atoms with E-state index in [4.69, 9.17) is 14.0 Å². The highest BCUT2D eigenvalue weighted by molar-refractivity contribution is 5.93. The number of hydrogen-bond acceptors (Lipinski definition) is 7. The zero-order valence-electron chi connectivity index (χ0n) is 19.8. The van der Waals surface area contributed by atoms with E-state index in [1.165, 1.54) is 0 Å². The summed E-state index contributed by atoms with van der Waals surface area (Å²) in [5, 5.41) is 10.6. The minimum atomic E-state index is 0.0990. The molecule has 9 heteroatoms. The van der Waals surface area contributed by atoms with Crippen LogP contribution in [-0.4, -0.2) is 66.0 Å². The molecule has 3 rings (SSSR count). The van der Waals surface area contributed by atoms with Crippen LogP contribution < -0.4 is 15.4 Å². The zero-order chi connectivity index (χ0) is 22.9. The number of aromatic nitrogens is 2. The van der Waals surface area contributed by atoms with Gasteiger partial charge in [-0.05, 0) is 51.0 Å². The molecule has 9 nitrogen and oxygen atoms in total. The van der Waals surface area contributed by atoms with Crippen molar-refractivity contribution in [2.45, 2.75) is 53.4 Å². The van der Waals surface area contributed by atoms with Crippen LogP contribution in [0.3, 0.4) is 0 Å². The molecule has 1 saturated heterocycles. The zero-order valence-corrected chi connectivity index (χ0v) is 19.8. The second-order valence-corrected chi connectivity index (χ2v) is 8.74. The first-order chi connectivity index (χ1) is 15.4. The molecule has 2 heterocycles. The first-order valence-electron chi connectivity index (χ1n) is 11.3. The fourth-order valence-corrected chi connectivity index (χ4v) is 3.51. The lowest BCUT2D eigenvalue weighted by atomic mass is 10.2. The van der Waals surface area contributed by atoms with E-state index in [2.05, 4.69) is 44.5 Å². The van der Waals surface area contributed by atoms with Gasteiger partial charge in [0.25, 0.3) is 0 Å². The lowest BCUT2D eigenvalue weighted by Gasteiger charge is -2.34. The molecule has 1 aromatic heterocycles. The first kappa shape index (κ1) is 24.0. The van der Waals surface area contributed by atoms with Crippen LogP contribution in [0, 0.1) is 12.8 Å². The third-order valence-electron chi connectivity index (χ3n) is 4.77. The second-order valence-electron chi connectivity index (χ2n) is 8.74. The third kappa shape index (κ3) is 8.12. The van der Waals surface area contributed by atoms with Crippen LogP contribution in [0.2, 0.25) is 0 Å².